The molecular formula is C19H32N2O4S. The standard InChI is InChI=1S/C19H32N2O4S/c1-14(2)12-25-16-8-6-15(7-9-16)19(3,4)13-21-18(22)17(20)10-11-26(5,23)24/h6-9,14,17H,10-13,20H2,1-5H3,(H,21,22). The van der Waals surface area contributed by atoms with Gasteiger partial charge in [-0.15, -0.1) is 0 Å². The number of carbonyl (C=O) groups excluding carboxylic acids is 1. The summed E-state index contributed by atoms with van der Waals surface area (Å²) in [5.74, 6) is 0.861. The molecule has 1 amide bonds. The molecule has 1 unspecified atom stereocenters. The maximum absolute atomic E-state index is 12.1. The van der Waals surface area contributed by atoms with Gasteiger partial charge in [0.2, 0.25) is 5.91 Å². The maximum atomic E-state index is 12.1. The summed E-state index contributed by atoms with van der Waals surface area (Å²) in [5, 5.41) is 2.82. The second-order valence-electron chi connectivity index (χ2n) is 7.86. The van der Waals surface area contributed by atoms with Crippen molar-refractivity contribution < 1.29 is 17.9 Å². The molecule has 0 spiro atoms. The number of carbonyl (C=O) groups is 1. The van der Waals surface area contributed by atoms with Gasteiger partial charge in [0.15, 0.2) is 0 Å². The lowest BCUT2D eigenvalue weighted by Crippen LogP contribution is -2.45. The van der Waals surface area contributed by atoms with E-state index in [1.165, 1.54) is 0 Å². The van der Waals surface area contributed by atoms with Crippen LogP contribution in [-0.2, 0) is 20.0 Å². The van der Waals surface area contributed by atoms with Gasteiger partial charge in [-0.2, -0.15) is 0 Å². The zero-order valence-electron chi connectivity index (χ0n) is 16.4. The molecule has 0 fully saturated rings. The molecule has 0 aliphatic carbocycles. The third-order valence-corrected chi connectivity index (χ3v) is 5.04. The summed E-state index contributed by atoms with van der Waals surface area (Å²) >= 11 is 0. The van der Waals surface area contributed by atoms with E-state index in [0.29, 0.717) is 19.1 Å². The zero-order valence-corrected chi connectivity index (χ0v) is 17.2. The summed E-state index contributed by atoms with van der Waals surface area (Å²) in [4.78, 5) is 12.1. The first-order valence-electron chi connectivity index (χ1n) is 8.85. The van der Waals surface area contributed by atoms with E-state index in [4.69, 9.17) is 10.5 Å². The fourth-order valence-electron chi connectivity index (χ4n) is 2.28. The van der Waals surface area contributed by atoms with Crippen molar-refractivity contribution in [1.29, 1.82) is 0 Å². The quantitative estimate of drug-likeness (QED) is 0.642. The fourth-order valence-corrected chi connectivity index (χ4v) is 2.96. The Hall–Kier alpha value is -1.60. The molecule has 0 bridgehead atoms. The van der Waals surface area contributed by atoms with Gasteiger partial charge >= 0.3 is 0 Å². The average Bonchev–Trinajstić information content (AvgIpc) is 2.55. The fraction of sp³-hybridized carbons (Fsp3) is 0.632. The van der Waals surface area contributed by atoms with Crippen molar-refractivity contribution in [3.63, 3.8) is 0 Å². The van der Waals surface area contributed by atoms with Crippen LogP contribution < -0.4 is 15.8 Å². The van der Waals surface area contributed by atoms with Crippen LogP contribution in [0.1, 0.15) is 39.7 Å². The lowest BCUT2D eigenvalue weighted by Gasteiger charge is -2.26. The third-order valence-electron chi connectivity index (χ3n) is 4.06. The predicted octanol–water partition coefficient (Wildman–Crippen LogP) is 1.88. The van der Waals surface area contributed by atoms with Crippen LogP contribution in [0.15, 0.2) is 24.3 Å². The molecule has 1 aromatic rings. The minimum Gasteiger partial charge on any atom is -0.493 e. The number of ether oxygens (including phenoxy) is 1. The maximum Gasteiger partial charge on any atom is 0.236 e. The first-order chi connectivity index (χ1) is 11.9. The summed E-state index contributed by atoms with van der Waals surface area (Å²) < 4.78 is 28.0. The highest BCUT2D eigenvalue weighted by Crippen LogP contribution is 2.25. The van der Waals surface area contributed by atoms with Crippen molar-refractivity contribution in [2.45, 2.75) is 45.6 Å². The molecule has 7 heteroatoms. The molecule has 1 aromatic carbocycles. The van der Waals surface area contributed by atoms with Gasteiger partial charge in [0, 0.05) is 18.2 Å². The molecule has 0 aliphatic rings. The Morgan fingerprint density at radius 3 is 2.31 bits per heavy atom. The van der Waals surface area contributed by atoms with Crippen molar-refractivity contribution in [2.75, 3.05) is 25.2 Å². The molecule has 6 nitrogen and oxygen atoms in total. The van der Waals surface area contributed by atoms with Crippen molar-refractivity contribution >= 4 is 15.7 Å². The molecule has 148 valence electrons. The van der Waals surface area contributed by atoms with E-state index in [0.717, 1.165) is 17.6 Å². The Balaban J connectivity index is 2.58. The van der Waals surface area contributed by atoms with Gasteiger partial charge in [-0.05, 0) is 30.0 Å². The SMILES string of the molecule is CC(C)COc1ccc(C(C)(C)CNC(=O)C(N)CCS(C)(=O)=O)cc1. The lowest BCUT2D eigenvalue weighted by atomic mass is 9.84. The monoisotopic (exact) mass is 384 g/mol. The zero-order chi connectivity index (χ0) is 20.0. The summed E-state index contributed by atoms with van der Waals surface area (Å²) in [6.07, 6.45) is 1.25. The predicted molar refractivity (Wildman–Crippen MR) is 105 cm³/mol. The van der Waals surface area contributed by atoms with Crippen LogP contribution in [-0.4, -0.2) is 45.5 Å². The Bertz CT molecular complexity index is 682. The summed E-state index contributed by atoms with van der Waals surface area (Å²) in [6, 6.07) is 7.02. The number of nitrogens with one attached hydrogen (secondary N) is 1. The molecule has 0 saturated heterocycles. The summed E-state index contributed by atoms with van der Waals surface area (Å²) in [6.45, 7) is 9.33. The first kappa shape index (κ1) is 22.4. The highest BCUT2D eigenvalue weighted by Gasteiger charge is 2.23. The van der Waals surface area contributed by atoms with E-state index in [1.54, 1.807) is 0 Å². The van der Waals surface area contributed by atoms with E-state index in [9.17, 15) is 13.2 Å². The van der Waals surface area contributed by atoms with Crippen LogP contribution in [0, 0.1) is 5.92 Å². The van der Waals surface area contributed by atoms with Gasteiger partial charge in [-0.25, -0.2) is 8.42 Å². The molecule has 26 heavy (non-hydrogen) atoms. The Kier molecular flexibility index (Phi) is 8.09. The number of benzene rings is 1. The molecule has 1 atom stereocenters. The van der Waals surface area contributed by atoms with E-state index in [-0.39, 0.29) is 23.5 Å². The molecule has 1 rings (SSSR count). The number of sulfone groups is 1. The summed E-state index contributed by atoms with van der Waals surface area (Å²) in [7, 11) is -3.13. The summed E-state index contributed by atoms with van der Waals surface area (Å²) in [5.41, 5.74) is 6.56. The molecule has 0 aromatic heterocycles. The largest absolute Gasteiger partial charge is 0.493 e. The van der Waals surface area contributed by atoms with Crippen LogP contribution in [0.25, 0.3) is 0 Å². The van der Waals surface area contributed by atoms with Crippen LogP contribution in [0.5, 0.6) is 5.75 Å². The van der Waals surface area contributed by atoms with Gasteiger partial charge in [0.1, 0.15) is 15.6 Å². The van der Waals surface area contributed by atoms with E-state index in [1.807, 2.05) is 38.1 Å². The molecule has 0 aliphatic heterocycles. The van der Waals surface area contributed by atoms with E-state index in [2.05, 4.69) is 19.2 Å². The third kappa shape index (κ3) is 8.19. The molecular weight excluding hydrogens is 352 g/mol. The van der Waals surface area contributed by atoms with Crippen molar-refractivity contribution in [3.05, 3.63) is 29.8 Å². The topological polar surface area (TPSA) is 98.5 Å². The van der Waals surface area contributed by atoms with Gasteiger partial charge in [0.25, 0.3) is 0 Å². The molecule has 0 saturated carbocycles. The molecule has 0 heterocycles. The molecule has 3 N–H and O–H groups in total. The number of amides is 1. The second-order valence-corrected chi connectivity index (χ2v) is 10.1. The van der Waals surface area contributed by atoms with Crippen molar-refractivity contribution in [2.24, 2.45) is 11.7 Å². The van der Waals surface area contributed by atoms with Gasteiger partial charge < -0.3 is 15.8 Å². The number of nitrogens with two attached hydrogens (primary N) is 1. The van der Waals surface area contributed by atoms with Gasteiger partial charge in [-0.3, -0.25) is 4.79 Å². The normalized spacial score (nSPS) is 13.5. The first-order valence-corrected chi connectivity index (χ1v) is 10.9. The van der Waals surface area contributed by atoms with Gasteiger partial charge in [-0.1, -0.05) is 39.8 Å². The number of hydrogen-bond acceptors (Lipinski definition) is 5. The Labute approximate surface area is 157 Å². The Morgan fingerprint density at radius 1 is 1.23 bits per heavy atom. The van der Waals surface area contributed by atoms with Crippen molar-refractivity contribution in [1.82, 2.24) is 5.32 Å². The van der Waals surface area contributed by atoms with Crippen LogP contribution >= 0.6 is 0 Å². The van der Waals surface area contributed by atoms with E-state index >= 15 is 0 Å². The average molecular weight is 385 g/mol. The van der Waals surface area contributed by atoms with Crippen LogP contribution in [0.4, 0.5) is 0 Å². The Morgan fingerprint density at radius 2 is 1.81 bits per heavy atom. The van der Waals surface area contributed by atoms with Crippen LogP contribution in [0.2, 0.25) is 0 Å². The van der Waals surface area contributed by atoms with Crippen molar-refractivity contribution in [3.8, 4) is 5.75 Å². The minimum atomic E-state index is -3.13. The number of hydrogen-bond donors (Lipinski definition) is 2. The molecule has 0 radical (unpaired) electrons. The van der Waals surface area contributed by atoms with E-state index < -0.39 is 15.9 Å². The number of rotatable bonds is 10. The van der Waals surface area contributed by atoms with Gasteiger partial charge in [0.05, 0.1) is 18.4 Å². The highest BCUT2D eigenvalue weighted by molar-refractivity contribution is 7.90. The van der Waals surface area contributed by atoms with Crippen LogP contribution in [0.3, 0.4) is 0 Å². The smallest absolute Gasteiger partial charge is 0.236 e. The minimum absolute atomic E-state index is 0.0944. The second kappa shape index (κ2) is 9.37. The lowest BCUT2D eigenvalue weighted by molar-refractivity contribution is -0.122. The highest BCUT2D eigenvalue weighted by atomic mass is 32.2.